The van der Waals surface area contributed by atoms with E-state index in [2.05, 4.69) is 11.8 Å². The Balaban J connectivity index is 1.66. The van der Waals surface area contributed by atoms with Crippen LogP contribution >= 0.6 is 0 Å². The maximum absolute atomic E-state index is 12.2. The molecule has 9 N–H and O–H groups in total. The van der Waals surface area contributed by atoms with E-state index in [1.165, 1.54) is 0 Å². The highest BCUT2D eigenvalue weighted by Gasteiger charge is 2.50. The average Bonchev–Trinajstić information content (AvgIpc) is 3.27. The highest BCUT2D eigenvalue weighted by molar-refractivity contribution is 5.55. The number of aromatic nitrogens is 2. The van der Waals surface area contributed by atoms with Gasteiger partial charge in [-0.15, -0.1) is 0 Å². The molecule has 0 aliphatic carbocycles. The molecule has 0 amide bonds. The van der Waals surface area contributed by atoms with E-state index < -0.39 is 66.5 Å². The van der Waals surface area contributed by atoms with Crippen molar-refractivity contribution in [2.75, 3.05) is 12.3 Å². The number of H-pyrrole nitrogens is 1. The minimum absolute atomic E-state index is 0.0898. The summed E-state index contributed by atoms with van der Waals surface area (Å²) in [6.07, 6.45) is -11.2. The first-order valence-corrected chi connectivity index (χ1v) is 10.8. The second kappa shape index (κ2) is 10.3. The fourth-order valence-corrected chi connectivity index (χ4v) is 3.91. The van der Waals surface area contributed by atoms with Gasteiger partial charge < -0.3 is 46.1 Å². The fourth-order valence-electron chi connectivity index (χ4n) is 3.91. The molecular formula is C22H26N4O9. The van der Waals surface area contributed by atoms with E-state index in [1.807, 2.05) is 4.98 Å². The van der Waals surface area contributed by atoms with Crippen molar-refractivity contribution in [3.8, 4) is 11.8 Å². The third kappa shape index (κ3) is 5.01. The standard InChI is InChI=1S/C22H26N4O9/c23-9-13-15(28)18(31)21(34-13)33-12(6-5-10-3-1-2-4-11(10)24)19-16(29)17(30)20(35-19)26-8-7-14(27)25-22(26)32/h1-4,7-8,12-13,15-21,28-31H,9,23-24H2,(H,25,27,32)/t12-,13+,15+,16-,17+,18+,19+,20+,21+/m0/s1. The van der Waals surface area contributed by atoms with Crippen LogP contribution in [0, 0.1) is 11.8 Å². The molecular weight excluding hydrogens is 464 g/mol. The normalized spacial score (nSPS) is 33.3. The van der Waals surface area contributed by atoms with Crippen molar-refractivity contribution < 1.29 is 34.6 Å². The Bertz CT molecular complexity index is 1220. The number of nitrogens with zero attached hydrogens (tertiary/aromatic N) is 1. The zero-order chi connectivity index (χ0) is 25.3. The number of rotatable bonds is 5. The molecule has 2 aromatic rings. The molecule has 1 aromatic carbocycles. The molecule has 9 atom stereocenters. The Morgan fingerprint density at radius 3 is 2.46 bits per heavy atom. The van der Waals surface area contributed by atoms with Crippen LogP contribution in [0.1, 0.15) is 11.8 Å². The molecule has 13 heteroatoms. The summed E-state index contributed by atoms with van der Waals surface area (Å²) in [7, 11) is 0. The minimum Gasteiger partial charge on any atom is -0.398 e. The summed E-state index contributed by atoms with van der Waals surface area (Å²) in [4.78, 5) is 25.6. The summed E-state index contributed by atoms with van der Waals surface area (Å²) in [5.74, 6) is 5.57. The number of benzene rings is 1. The maximum Gasteiger partial charge on any atom is 0.330 e. The molecule has 35 heavy (non-hydrogen) atoms. The van der Waals surface area contributed by atoms with Gasteiger partial charge in [0.25, 0.3) is 5.56 Å². The van der Waals surface area contributed by atoms with E-state index in [0.717, 1.165) is 16.8 Å². The first-order valence-electron chi connectivity index (χ1n) is 10.8. The number of aliphatic hydroxyl groups excluding tert-OH is 4. The topological polar surface area (TPSA) is 216 Å². The number of hydrogen-bond donors (Lipinski definition) is 7. The monoisotopic (exact) mass is 490 g/mol. The van der Waals surface area contributed by atoms with Gasteiger partial charge in [-0.2, -0.15) is 0 Å². The molecule has 3 heterocycles. The number of nitrogens with one attached hydrogen (secondary N) is 1. The van der Waals surface area contributed by atoms with Gasteiger partial charge in [0.2, 0.25) is 0 Å². The smallest absolute Gasteiger partial charge is 0.330 e. The molecule has 2 fully saturated rings. The van der Waals surface area contributed by atoms with Crippen LogP contribution in [0.4, 0.5) is 5.69 Å². The lowest BCUT2D eigenvalue weighted by Crippen LogP contribution is -2.43. The molecule has 1 aromatic heterocycles. The molecule has 4 rings (SSSR count). The number of aromatic amines is 1. The number of hydrogen-bond acceptors (Lipinski definition) is 11. The van der Waals surface area contributed by atoms with Gasteiger partial charge >= 0.3 is 5.69 Å². The van der Waals surface area contributed by atoms with Crippen molar-refractivity contribution in [1.82, 2.24) is 9.55 Å². The molecule has 2 saturated heterocycles. The molecule has 13 nitrogen and oxygen atoms in total. The van der Waals surface area contributed by atoms with Crippen LogP contribution in [-0.4, -0.2) is 85.5 Å². The molecule has 188 valence electrons. The van der Waals surface area contributed by atoms with Crippen LogP contribution in [0.2, 0.25) is 0 Å². The lowest BCUT2D eigenvalue weighted by Gasteiger charge is -2.26. The number of nitrogens with two attached hydrogens (primary N) is 2. The molecule has 0 spiro atoms. The Morgan fingerprint density at radius 2 is 1.80 bits per heavy atom. The van der Waals surface area contributed by atoms with Crippen molar-refractivity contribution in [1.29, 1.82) is 0 Å². The molecule has 2 aliphatic rings. The molecule has 0 bridgehead atoms. The van der Waals surface area contributed by atoms with Gasteiger partial charge in [-0.3, -0.25) is 14.3 Å². The van der Waals surface area contributed by atoms with Crippen LogP contribution in [0.5, 0.6) is 0 Å². The van der Waals surface area contributed by atoms with Crippen molar-refractivity contribution in [3.05, 3.63) is 62.9 Å². The largest absolute Gasteiger partial charge is 0.398 e. The van der Waals surface area contributed by atoms with E-state index in [9.17, 15) is 30.0 Å². The number of ether oxygens (including phenoxy) is 3. The first-order chi connectivity index (χ1) is 16.7. The van der Waals surface area contributed by atoms with Crippen molar-refractivity contribution in [2.45, 2.75) is 55.2 Å². The highest BCUT2D eigenvalue weighted by Crippen LogP contribution is 2.33. The van der Waals surface area contributed by atoms with Crippen LogP contribution in [0.15, 0.2) is 46.1 Å². The van der Waals surface area contributed by atoms with Gasteiger partial charge in [-0.25, -0.2) is 4.79 Å². The van der Waals surface area contributed by atoms with E-state index in [4.69, 9.17) is 25.7 Å². The lowest BCUT2D eigenvalue weighted by molar-refractivity contribution is -0.205. The average molecular weight is 490 g/mol. The summed E-state index contributed by atoms with van der Waals surface area (Å²) in [5.41, 5.74) is 10.8. The number of nitrogen functional groups attached to an aromatic ring is 1. The van der Waals surface area contributed by atoms with E-state index >= 15 is 0 Å². The Labute approximate surface area is 198 Å². The number of aliphatic hydroxyl groups is 4. The Kier molecular flexibility index (Phi) is 7.36. The molecule has 0 unspecified atom stereocenters. The molecule has 2 aliphatic heterocycles. The van der Waals surface area contributed by atoms with E-state index in [-0.39, 0.29) is 6.54 Å². The zero-order valence-corrected chi connectivity index (χ0v) is 18.3. The zero-order valence-electron chi connectivity index (χ0n) is 18.3. The SMILES string of the molecule is NC[C@H]1O[C@@H](O[C@@H](C#Cc2ccccc2N)[C@H]2O[C@@H](n3ccc(=O)[nH]c3=O)[C@H](O)[C@@H]2O)[C@H](O)[C@@H]1O. The quantitative estimate of drug-likeness (QED) is 0.162. The lowest BCUT2D eigenvalue weighted by atomic mass is 10.0. The van der Waals surface area contributed by atoms with Gasteiger partial charge in [-0.05, 0) is 12.1 Å². The van der Waals surface area contributed by atoms with Crippen molar-refractivity contribution in [2.24, 2.45) is 5.73 Å². The van der Waals surface area contributed by atoms with Gasteiger partial charge in [-0.1, -0.05) is 24.0 Å². The number of para-hydroxylation sites is 1. The van der Waals surface area contributed by atoms with E-state index in [0.29, 0.717) is 11.3 Å². The summed E-state index contributed by atoms with van der Waals surface area (Å²) < 4.78 is 17.9. The minimum atomic E-state index is -1.60. The summed E-state index contributed by atoms with van der Waals surface area (Å²) >= 11 is 0. The van der Waals surface area contributed by atoms with Crippen LogP contribution < -0.4 is 22.7 Å². The molecule has 0 radical (unpaired) electrons. The van der Waals surface area contributed by atoms with Crippen LogP contribution in [0.25, 0.3) is 0 Å². The van der Waals surface area contributed by atoms with Crippen LogP contribution in [0.3, 0.4) is 0 Å². The van der Waals surface area contributed by atoms with Crippen LogP contribution in [-0.2, 0) is 14.2 Å². The summed E-state index contributed by atoms with van der Waals surface area (Å²) in [6.45, 7) is -0.0898. The predicted octanol–water partition coefficient (Wildman–Crippen LogP) is -3.42. The van der Waals surface area contributed by atoms with Crippen molar-refractivity contribution in [3.63, 3.8) is 0 Å². The third-order valence-corrected chi connectivity index (χ3v) is 5.84. The van der Waals surface area contributed by atoms with Crippen molar-refractivity contribution >= 4 is 5.69 Å². The van der Waals surface area contributed by atoms with Gasteiger partial charge in [0.05, 0.1) is 0 Å². The highest BCUT2D eigenvalue weighted by atomic mass is 16.7. The fraction of sp³-hybridized carbons (Fsp3) is 0.455. The molecule has 0 saturated carbocycles. The summed E-state index contributed by atoms with van der Waals surface area (Å²) in [5, 5.41) is 41.8. The third-order valence-electron chi connectivity index (χ3n) is 5.84. The Morgan fingerprint density at radius 1 is 1.06 bits per heavy atom. The second-order valence-electron chi connectivity index (χ2n) is 8.16. The number of anilines is 1. The second-order valence-corrected chi connectivity index (χ2v) is 8.16. The maximum atomic E-state index is 12.2. The van der Waals surface area contributed by atoms with Gasteiger partial charge in [0.1, 0.15) is 36.6 Å². The van der Waals surface area contributed by atoms with Gasteiger partial charge in [0.15, 0.2) is 18.6 Å². The Hall–Kier alpha value is -3.06. The predicted molar refractivity (Wildman–Crippen MR) is 120 cm³/mol. The van der Waals surface area contributed by atoms with Gasteiger partial charge in [0, 0.05) is 30.1 Å². The first kappa shape index (κ1) is 25.0. The summed E-state index contributed by atoms with van der Waals surface area (Å²) in [6, 6.07) is 7.78. The van der Waals surface area contributed by atoms with E-state index in [1.54, 1.807) is 24.3 Å².